The Bertz CT molecular complexity index is 658. The molecular weight excluding hydrogens is 300 g/mol. The van der Waals surface area contributed by atoms with Crippen LogP contribution in [0, 0.1) is 0 Å². The molecule has 0 bridgehead atoms. The lowest BCUT2D eigenvalue weighted by Gasteiger charge is -2.07. The summed E-state index contributed by atoms with van der Waals surface area (Å²) >= 11 is 1.38. The average Bonchev–Trinajstić information content (AvgIpc) is 3.19. The largest absolute Gasteiger partial charge is 0.496 e. The first-order valence-corrected chi connectivity index (χ1v) is 7.99. The van der Waals surface area contributed by atoms with E-state index in [0.29, 0.717) is 18.0 Å². The van der Waals surface area contributed by atoms with Crippen LogP contribution in [-0.2, 0) is 16.0 Å². The molecule has 2 aromatic heterocycles. The minimum absolute atomic E-state index is 0.317. The topological polar surface area (TPSA) is 53.4 Å². The summed E-state index contributed by atoms with van der Waals surface area (Å²) < 4.78 is 12.2. The van der Waals surface area contributed by atoms with Crippen molar-refractivity contribution in [3.05, 3.63) is 41.1 Å². The maximum Gasteiger partial charge on any atom is 0.348 e. The first kappa shape index (κ1) is 16.3. The molecule has 0 aliphatic heterocycles. The molecule has 0 saturated heterocycles. The van der Waals surface area contributed by atoms with Crippen molar-refractivity contribution in [2.45, 2.75) is 26.8 Å². The van der Waals surface area contributed by atoms with Gasteiger partial charge in [0.2, 0.25) is 0 Å². The van der Waals surface area contributed by atoms with E-state index in [0.717, 1.165) is 22.8 Å². The van der Waals surface area contributed by atoms with Crippen LogP contribution >= 0.6 is 11.3 Å². The molecule has 0 radical (unpaired) electrons. The van der Waals surface area contributed by atoms with Gasteiger partial charge in [0.25, 0.3) is 0 Å². The Labute approximate surface area is 134 Å². The molecule has 0 spiro atoms. The van der Waals surface area contributed by atoms with Gasteiger partial charge in [-0.2, -0.15) is 5.10 Å². The van der Waals surface area contributed by atoms with Crippen molar-refractivity contribution < 1.29 is 14.3 Å². The molecule has 2 heterocycles. The van der Waals surface area contributed by atoms with Crippen molar-refractivity contribution in [3.63, 3.8) is 0 Å². The lowest BCUT2D eigenvalue weighted by Crippen LogP contribution is -2.06. The third-order valence-corrected chi connectivity index (χ3v) is 4.25. The van der Waals surface area contributed by atoms with E-state index in [-0.39, 0.29) is 5.97 Å². The second kappa shape index (κ2) is 7.79. The van der Waals surface area contributed by atoms with Crippen LogP contribution in [0.5, 0.6) is 0 Å². The highest BCUT2D eigenvalue weighted by molar-refractivity contribution is 7.17. The van der Waals surface area contributed by atoms with E-state index in [4.69, 9.17) is 9.47 Å². The van der Waals surface area contributed by atoms with Crippen molar-refractivity contribution in [2.75, 3.05) is 13.7 Å². The van der Waals surface area contributed by atoms with Gasteiger partial charge in [0.1, 0.15) is 17.2 Å². The third kappa shape index (κ3) is 3.98. The number of esters is 1. The second-order valence-corrected chi connectivity index (χ2v) is 5.66. The molecule has 118 valence electrons. The summed E-state index contributed by atoms with van der Waals surface area (Å²) in [7, 11) is 1.38. The summed E-state index contributed by atoms with van der Waals surface area (Å²) in [6.45, 7) is 5.32. The minimum Gasteiger partial charge on any atom is -0.496 e. The molecule has 22 heavy (non-hydrogen) atoms. The number of methoxy groups -OCH3 is 1. The number of aromatic nitrogens is 2. The average molecular weight is 320 g/mol. The van der Waals surface area contributed by atoms with E-state index in [9.17, 15) is 4.79 Å². The number of allylic oxidation sites excluding steroid dienone is 2. The number of hydrogen-bond acceptors (Lipinski definition) is 5. The van der Waals surface area contributed by atoms with Crippen LogP contribution in [0.1, 0.15) is 29.9 Å². The molecule has 0 atom stereocenters. The van der Waals surface area contributed by atoms with Crippen LogP contribution in [0.3, 0.4) is 0 Å². The monoisotopic (exact) mass is 320 g/mol. The zero-order chi connectivity index (χ0) is 15.9. The van der Waals surface area contributed by atoms with Crippen molar-refractivity contribution in [3.8, 4) is 10.6 Å². The smallest absolute Gasteiger partial charge is 0.348 e. The molecule has 2 aromatic rings. The predicted octanol–water partition coefficient (Wildman–Crippen LogP) is 3.73. The number of ether oxygens (including phenoxy) is 2. The molecule has 6 heteroatoms. The van der Waals surface area contributed by atoms with Gasteiger partial charge in [-0.1, -0.05) is 6.92 Å². The molecule has 2 rings (SSSR count). The summed E-state index contributed by atoms with van der Waals surface area (Å²) in [5.41, 5.74) is 0.849. The maximum atomic E-state index is 11.5. The molecule has 0 N–H and O–H groups in total. The Hall–Kier alpha value is -2.08. The first-order chi connectivity index (χ1) is 10.7. The van der Waals surface area contributed by atoms with Gasteiger partial charge in [-0.3, -0.25) is 4.68 Å². The lowest BCUT2D eigenvalue weighted by molar-refractivity contribution is 0.0606. The van der Waals surface area contributed by atoms with E-state index in [1.165, 1.54) is 18.4 Å². The zero-order valence-electron chi connectivity index (χ0n) is 13.0. The number of carbonyl (C=O) groups excluding carboxylic acids is 1. The molecule has 0 aliphatic carbocycles. The van der Waals surface area contributed by atoms with Gasteiger partial charge in [0, 0.05) is 12.6 Å². The molecule has 0 aromatic carbocycles. The van der Waals surface area contributed by atoms with E-state index in [2.05, 4.69) is 12.0 Å². The summed E-state index contributed by atoms with van der Waals surface area (Å²) in [4.78, 5) is 13.0. The van der Waals surface area contributed by atoms with Crippen LogP contribution in [0.2, 0.25) is 0 Å². The fourth-order valence-electron chi connectivity index (χ4n) is 1.96. The summed E-state index contributed by atoms with van der Waals surface area (Å²) in [5.74, 6) is 0.677. The fourth-order valence-corrected chi connectivity index (χ4v) is 2.85. The van der Waals surface area contributed by atoms with Crippen LogP contribution in [0.25, 0.3) is 10.6 Å². The van der Waals surface area contributed by atoms with Crippen molar-refractivity contribution in [2.24, 2.45) is 0 Å². The maximum absolute atomic E-state index is 11.5. The highest BCUT2D eigenvalue weighted by atomic mass is 32.1. The summed E-state index contributed by atoms with van der Waals surface area (Å²) in [5, 5.41) is 4.50. The van der Waals surface area contributed by atoms with Gasteiger partial charge < -0.3 is 9.47 Å². The van der Waals surface area contributed by atoms with Gasteiger partial charge in [0.15, 0.2) is 0 Å². The second-order valence-electron chi connectivity index (χ2n) is 4.58. The number of thiophene rings is 1. The molecule has 0 unspecified atom stereocenters. The number of carbonyl (C=O) groups is 1. The SMILES string of the molecule is C/C=C(\CC)OCCn1ccc(-c2ccc(C(=O)OC)s2)n1. The molecular formula is C16H20N2O3S. The molecule has 0 saturated carbocycles. The molecule has 0 aliphatic rings. The molecule has 0 amide bonds. The van der Waals surface area contributed by atoms with E-state index in [1.807, 2.05) is 36.0 Å². The predicted molar refractivity (Wildman–Crippen MR) is 86.9 cm³/mol. The zero-order valence-corrected chi connectivity index (χ0v) is 13.9. The Balaban J connectivity index is 1.96. The van der Waals surface area contributed by atoms with Crippen LogP contribution in [-0.4, -0.2) is 29.5 Å². The van der Waals surface area contributed by atoms with Crippen molar-refractivity contribution in [1.29, 1.82) is 0 Å². The van der Waals surface area contributed by atoms with Gasteiger partial charge in [-0.15, -0.1) is 11.3 Å². The van der Waals surface area contributed by atoms with Gasteiger partial charge in [-0.05, 0) is 31.2 Å². The normalized spacial score (nSPS) is 11.5. The third-order valence-electron chi connectivity index (χ3n) is 3.16. The Morgan fingerprint density at radius 3 is 2.91 bits per heavy atom. The minimum atomic E-state index is -0.317. The van der Waals surface area contributed by atoms with Crippen LogP contribution in [0.4, 0.5) is 0 Å². The van der Waals surface area contributed by atoms with Crippen molar-refractivity contribution in [1.82, 2.24) is 9.78 Å². The Kier molecular flexibility index (Phi) is 5.77. The Morgan fingerprint density at radius 2 is 2.23 bits per heavy atom. The summed E-state index contributed by atoms with van der Waals surface area (Å²) in [6, 6.07) is 5.58. The van der Waals surface area contributed by atoms with E-state index in [1.54, 1.807) is 6.07 Å². The van der Waals surface area contributed by atoms with Crippen LogP contribution < -0.4 is 0 Å². The van der Waals surface area contributed by atoms with E-state index < -0.39 is 0 Å². The van der Waals surface area contributed by atoms with Crippen molar-refractivity contribution >= 4 is 17.3 Å². The standard InChI is InChI=1S/C16H20N2O3S/c1-4-12(5-2)21-11-10-18-9-8-13(17-18)14-6-7-15(22-14)16(19)20-3/h4,6-9H,5,10-11H2,1-3H3/b12-4+. The van der Waals surface area contributed by atoms with Gasteiger partial charge in [-0.25, -0.2) is 4.79 Å². The molecule has 5 nitrogen and oxygen atoms in total. The Morgan fingerprint density at radius 1 is 1.41 bits per heavy atom. The van der Waals surface area contributed by atoms with Crippen LogP contribution in [0.15, 0.2) is 36.2 Å². The molecule has 0 fully saturated rings. The number of rotatable bonds is 7. The van der Waals surface area contributed by atoms with Gasteiger partial charge in [0.05, 0.1) is 24.3 Å². The van der Waals surface area contributed by atoms with E-state index >= 15 is 0 Å². The highest BCUT2D eigenvalue weighted by Gasteiger charge is 2.11. The number of nitrogens with zero attached hydrogens (tertiary/aromatic N) is 2. The lowest BCUT2D eigenvalue weighted by atomic mass is 10.3. The fraction of sp³-hybridized carbons (Fsp3) is 0.375. The summed E-state index contributed by atoms with van der Waals surface area (Å²) in [6.07, 6.45) is 4.79. The first-order valence-electron chi connectivity index (χ1n) is 7.17. The number of hydrogen-bond donors (Lipinski definition) is 0. The van der Waals surface area contributed by atoms with Gasteiger partial charge >= 0.3 is 5.97 Å². The quantitative estimate of drug-likeness (QED) is 0.576. The highest BCUT2D eigenvalue weighted by Crippen LogP contribution is 2.27.